The van der Waals surface area contributed by atoms with Crippen molar-refractivity contribution in [1.29, 1.82) is 0 Å². The molecule has 1 fully saturated rings. The van der Waals surface area contributed by atoms with Gasteiger partial charge in [0.2, 0.25) is 5.91 Å². The maximum absolute atomic E-state index is 13.1. The lowest BCUT2D eigenvalue weighted by Crippen LogP contribution is -2.52. The summed E-state index contributed by atoms with van der Waals surface area (Å²) in [6, 6.07) is 11.0. The number of piperazine rings is 1. The average Bonchev–Trinajstić information content (AvgIpc) is 2.67. The Morgan fingerprint density at radius 3 is 2.29 bits per heavy atom. The van der Waals surface area contributed by atoms with Crippen molar-refractivity contribution in [3.63, 3.8) is 0 Å². The summed E-state index contributed by atoms with van der Waals surface area (Å²) < 4.78 is 0. The monoisotopic (exact) mass is 418 g/mol. The van der Waals surface area contributed by atoms with E-state index in [-0.39, 0.29) is 17.9 Å². The fourth-order valence-electron chi connectivity index (χ4n) is 3.75. The van der Waals surface area contributed by atoms with Crippen LogP contribution in [0.3, 0.4) is 0 Å². The van der Waals surface area contributed by atoms with Gasteiger partial charge in [0, 0.05) is 31.6 Å². The van der Waals surface area contributed by atoms with Crippen molar-refractivity contribution in [1.82, 2.24) is 9.80 Å². The number of carbonyl (C=O) groups is 2. The molecule has 1 atom stereocenters. The summed E-state index contributed by atoms with van der Waals surface area (Å²) in [6.45, 7) is 7.25. The molecule has 0 unspecified atom stereocenters. The molecule has 0 radical (unpaired) electrons. The van der Waals surface area contributed by atoms with Gasteiger partial charge in [-0.1, -0.05) is 53.4 Å². The second-order valence-electron chi connectivity index (χ2n) is 7.26. The first-order valence-corrected chi connectivity index (χ1v) is 10.2. The van der Waals surface area contributed by atoms with E-state index in [2.05, 4.69) is 0 Å². The highest BCUT2D eigenvalue weighted by atomic mass is 35.5. The number of aryl methyl sites for hydroxylation is 2. The van der Waals surface area contributed by atoms with E-state index in [4.69, 9.17) is 23.2 Å². The van der Waals surface area contributed by atoms with E-state index in [0.29, 0.717) is 41.7 Å². The number of hydrogen-bond donors (Lipinski definition) is 0. The quantitative estimate of drug-likeness (QED) is 0.699. The Morgan fingerprint density at radius 1 is 1.00 bits per heavy atom. The first-order valence-electron chi connectivity index (χ1n) is 9.42. The topological polar surface area (TPSA) is 40.6 Å². The number of hydrogen-bond acceptors (Lipinski definition) is 2. The fourth-order valence-corrected chi connectivity index (χ4v) is 4.06. The highest BCUT2D eigenvalue weighted by Crippen LogP contribution is 2.31. The van der Waals surface area contributed by atoms with Crippen LogP contribution in [0.2, 0.25) is 10.0 Å². The van der Waals surface area contributed by atoms with Crippen LogP contribution < -0.4 is 0 Å². The van der Waals surface area contributed by atoms with Crippen molar-refractivity contribution in [3.8, 4) is 0 Å². The van der Waals surface area contributed by atoms with E-state index in [0.717, 1.165) is 16.7 Å². The zero-order valence-electron chi connectivity index (χ0n) is 16.3. The summed E-state index contributed by atoms with van der Waals surface area (Å²) in [5, 5.41) is 0.915. The van der Waals surface area contributed by atoms with Crippen molar-refractivity contribution in [2.24, 2.45) is 0 Å². The lowest BCUT2D eigenvalue weighted by molar-refractivity contribution is -0.135. The maximum atomic E-state index is 13.1. The molecule has 0 saturated carbocycles. The minimum atomic E-state index is -0.245. The standard InChI is InChI=1S/C22H24Cl2N2O2/c1-4-21(27)26-8-7-25(22(28)17-10-14(2)9-15(3)11-17)13-20(26)16-5-6-18(23)19(24)12-16/h5-6,9-12,20H,4,7-8,13H2,1-3H3/t20-/m0/s1. The third kappa shape index (κ3) is 4.34. The highest BCUT2D eigenvalue weighted by Gasteiger charge is 2.33. The summed E-state index contributed by atoms with van der Waals surface area (Å²) in [5.41, 5.74) is 3.68. The van der Waals surface area contributed by atoms with E-state index in [1.54, 1.807) is 12.1 Å². The van der Waals surface area contributed by atoms with Crippen molar-refractivity contribution < 1.29 is 9.59 Å². The van der Waals surface area contributed by atoms with Crippen LogP contribution in [0.4, 0.5) is 0 Å². The Labute approximate surface area is 176 Å². The van der Waals surface area contributed by atoms with Crippen LogP contribution in [-0.4, -0.2) is 41.2 Å². The van der Waals surface area contributed by atoms with E-state index >= 15 is 0 Å². The van der Waals surface area contributed by atoms with Gasteiger partial charge in [0.05, 0.1) is 16.1 Å². The molecule has 0 aliphatic carbocycles. The van der Waals surface area contributed by atoms with Gasteiger partial charge in [-0.3, -0.25) is 9.59 Å². The van der Waals surface area contributed by atoms with Crippen LogP contribution in [0.15, 0.2) is 36.4 Å². The Bertz CT molecular complexity index is 893. The molecule has 148 valence electrons. The van der Waals surface area contributed by atoms with Crippen LogP contribution in [-0.2, 0) is 4.79 Å². The molecular formula is C22H24Cl2N2O2. The SMILES string of the molecule is CCC(=O)N1CCN(C(=O)c2cc(C)cc(C)c2)C[C@H]1c1ccc(Cl)c(Cl)c1. The predicted octanol–water partition coefficient (Wildman–Crippen LogP) is 5.05. The summed E-state index contributed by atoms with van der Waals surface area (Å²) in [4.78, 5) is 29.3. The van der Waals surface area contributed by atoms with E-state index < -0.39 is 0 Å². The Kier molecular flexibility index (Phi) is 6.31. The fraction of sp³-hybridized carbons (Fsp3) is 0.364. The van der Waals surface area contributed by atoms with Gasteiger partial charge in [-0.25, -0.2) is 0 Å². The summed E-state index contributed by atoms with van der Waals surface area (Å²) in [6.07, 6.45) is 0.419. The molecule has 6 heteroatoms. The molecule has 2 aromatic carbocycles. The van der Waals surface area contributed by atoms with Gasteiger partial charge < -0.3 is 9.80 Å². The molecule has 0 N–H and O–H groups in total. The molecule has 0 spiro atoms. The number of benzene rings is 2. The second kappa shape index (κ2) is 8.54. The van der Waals surface area contributed by atoms with Gasteiger partial charge in [-0.15, -0.1) is 0 Å². The van der Waals surface area contributed by atoms with Crippen LogP contribution in [0.25, 0.3) is 0 Å². The zero-order valence-corrected chi connectivity index (χ0v) is 17.8. The third-order valence-electron chi connectivity index (χ3n) is 5.09. The molecule has 1 heterocycles. The number of halogens is 2. The zero-order chi connectivity index (χ0) is 20.4. The molecule has 4 nitrogen and oxygen atoms in total. The molecule has 2 amide bonds. The van der Waals surface area contributed by atoms with Crippen LogP contribution in [0, 0.1) is 13.8 Å². The summed E-state index contributed by atoms with van der Waals surface area (Å²) in [5.74, 6) is 0.0510. The molecule has 3 rings (SSSR count). The Hall–Kier alpha value is -2.04. The molecule has 1 aliphatic rings. The van der Waals surface area contributed by atoms with E-state index in [9.17, 15) is 9.59 Å². The third-order valence-corrected chi connectivity index (χ3v) is 5.83. The van der Waals surface area contributed by atoms with Crippen molar-refractivity contribution in [2.45, 2.75) is 33.2 Å². The van der Waals surface area contributed by atoms with Gasteiger partial charge in [0.1, 0.15) is 0 Å². The Balaban J connectivity index is 1.91. The minimum Gasteiger partial charge on any atom is -0.334 e. The molecule has 2 aromatic rings. The minimum absolute atomic E-state index is 0.0135. The molecule has 0 bridgehead atoms. The van der Waals surface area contributed by atoms with Crippen molar-refractivity contribution in [3.05, 3.63) is 68.7 Å². The molecule has 1 aliphatic heterocycles. The molecule has 28 heavy (non-hydrogen) atoms. The normalized spacial score (nSPS) is 17.0. The number of amides is 2. The van der Waals surface area contributed by atoms with Gasteiger partial charge in [0.15, 0.2) is 0 Å². The first kappa shape index (κ1) is 20.7. The lowest BCUT2D eigenvalue weighted by Gasteiger charge is -2.42. The first-order chi connectivity index (χ1) is 13.3. The maximum Gasteiger partial charge on any atom is 0.254 e. The molecule has 0 aromatic heterocycles. The van der Waals surface area contributed by atoms with Gasteiger partial charge in [-0.05, 0) is 43.7 Å². The summed E-state index contributed by atoms with van der Waals surface area (Å²) >= 11 is 12.3. The molecule has 1 saturated heterocycles. The van der Waals surface area contributed by atoms with E-state index in [1.807, 2.05) is 54.8 Å². The largest absolute Gasteiger partial charge is 0.334 e. The van der Waals surface area contributed by atoms with Gasteiger partial charge >= 0.3 is 0 Å². The second-order valence-corrected chi connectivity index (χ2v) is 8.07. The smallest absolute Gasteiger partial charge is 0.254 e. The Morgan fingerprint density at radius 2 is 1.68 bits per heavy atom. The van der Waals surface area contributed by atoms with Gasteiger partial charge in [0.25, 0.3) is 5.91 Å². The van der Waals surface area contributed by atoms with Gasteiger partial charge in [-0.2, -0.15) is 0 Å². The number of carbonyl (C=O) groups excluding carboxylic acids is 2. The van der Waals surface area contributed by atoms with E-state index in [1.165, 1.54) is 0 Å². The summed E-state index contributed by atoms with van der Waals surface area (Å²) in [7, 11) is 0. The predicted molar refractivity (Wildman–Crippen MR) is 113 cm³/mol. The van der Waals surface area contributed by atoms with Crippen LogP contribution in [0.1, 0.15) is 46.4 Å². The van der Waals surface area contributed by atoms with Crippen molar-refractivity contribution >= 4 is 35.0 Å². The van der Waals surface area contributed by atoms with Crippen molar-refractivity contribution in [2.75, 3.05) is 19.6 Å². The lowest BCUT2D eigenvalue weighted by atomic mass is 10.00. The highest BCUT2D eigenvalue weighted by molar-refractivity contribution is 6.42. The van der Waals surface area contributed by atoms with Crippen LogP contribution in [0.5, 0.6) is 0 Å². The van der Waals surface area contributed by atoms with Crippen LogP contribution >= 0.6 is 23.2 Å². The molecular weight excluding hydrogens is 395 g/mol. The average molecular weight is 419 g/mol. The number of rotatable bonds is 3. The number of nitrogens with zero attached hydrogens (tertiary/aromatic N) is 2.